The molecular formula is C22H22FNO5S2. The fraction of sp³-hybridized carbons (Fsp3) is 0.318. The first kappa shape index (κ1) is 21.9. The van der Waals surface area contributed by atoms with E-state index in [0.29, 0.717) is 22.8 Å². The highest BCUT2D eigenvalue weighted by atomic mass is 32.2. The number of aliphatic carboxylic acids is 1. The van der Waals surface area contributed by atoms with Gasteiger partial charge in [-0.2, -0.15) is 4.31 Å². The molecule has 0 saturated carbocycles. The Morgan fingerprint density at radius 1 is 1.29 bits per heavy atom. The van der Waals surface area contributed by atoms with Crippen LogP contribution in [0.4, 0.5) is 4.39 Å². The summed E-state index contributed by atoms with van der Waals surface area (Å²) in [5.41, 5.74) is 1.39. The predicted molar refractivity (Wildman–Crippen MR) is 116 cm³/mol. The van der Waals surface area contributed by atoms with E-state index in [-0.39, 0.29) is 29.5 Å². The Hall–Kier alpha value is -2.36. The van der Waals surface area contributed by atoms with E-state index in [9.17, 15) is 22.7 Å². The summed E-state index contributed by atoms with van der Waals surface area (Å²) in [6, 6.07) is 13.1. The molecule has 4 rings (SSSR count). The van der Waals surface area contributed by atoms with Crippen LogP contribution in [0.2, 0.25) is 0 Å². The average molecular weight is 464 g/mol. The van der Waals surface area contributed by atoms with Gasteiger partial charge in [-0.05, 0) is 18.1 Å². The number of carbonyl (C=O) groups is 1. The van der Waals surface area contributed by atoms with Crippen LogP contribution in [0.15, 0.2) is 58.3 Å². The Bertz CT molecular complexity index is 1130. The molecule has 0 aliphatic carbocycles. The standard InChI is InChI=1S/C22H22FNO5S2/c1-2-18(22(25)26)24-12-20-21(31(24,27)28)11-19(30-20)16-9-8-15(10-17(16)23)29-13-14-6-4-3-5-7-14/h3-10,18-19H,2,11-13H2,1H3,(H,25,26). The topological polar surface area (TPSA) is 83.9 Å². The lowest BCUT2D eigenvalue weighted by molar-refractivity contribution is -0.141. The molecule has 164 valence electrons. The lowest BCUT2D eigenvalue weighted by atomic mass is 10.1. The molecule has 0 spiro atoms. The van der Waals surface area contributed by atoms with Crippen LogP contribution in [0.5, 0.6) is 5.75 Å². The first-order valence-electron chi connectivity index (χ1n) is 9.90. The van der Waals surface area contributed by atoms with Gasteiger partial charge in [0.2, 0.25) is 10.0 Å². The van der Waals surface area contributed by atoms with Crippen molar-refractivity contribution >= 4 is 27.8 Å². The lowest BCUT2D eigenvalue weighted by Gasteiger charge is -2.24. The molecule has 0 aromatic heterocycles. The molecule has 2 aromatic rings. The van der Waals surface area contributed by atoms with Gasteiger partial charge in [-0.25, -0.2) is 12.8 Å². The molecule has 31 heavy (non-hydrogen) atoms. The minimum Gasteiger partial charge on any atom is -0.489 e. The van der Waals surface area contributed by atoms with Crippen LogP contribution in [0.3, 0.4) is 0 Å². The first-order chi connectivity index (χ1) is 14.8. The van der Waals surface area contributed by atoms with Crippen molar-refractivity contribution in [1.82, 2.24) is 4.31 Å². The zero-order valence-electron chi connectivity index (χ0n) is 16.8. The van der Waals surface area contributed by atoms with Crippen LogP contribution in [-0.4, -0.2) is 36.4 Å². The number of thioether (sulfide) groups is 1. The van der Waals surface area contributed by atoms with Crippen LogP contribution in [0, 0.1) is 5.82 Å². The number of hydrogen-bond acceptors (Lipinski definition) is 5. The maximum Gasteiger partial charge on any atom is 0.322 e. The largest absolute Gasteiger partial charge is 0.489 e. The van der Waals surface area contributed by atoms with Crippen molar-refractivity contribution in [2.24, 2.45) is 0 Å². The minimum atomic E-state index is -3.86. The molecular weight excluding hydrogens is 441 g/mol. The van der Waals surface area contributed by atoms with Gasteiger partial charge >= 0.3 is 5.97 Å². The lowest BCUT2D eigenvalue weighted by Crippen LogP contribution is -2.42. The molecule has 0 amide bonds. The molecule has 0 fully saturated rings. The molecule has 2 heterocycles. The van der Waals surface area contributed by atoms with Crippen molar-refractivity contribution in [2.45, 2.75) is 37.7 Å². The summed E-state index contributed by atoms with van der Waals surface area (Å²) >= 11 is 1.30. The second kappa shape index (κ2) is 8.64. The molecule has 2 unspecified atom stereocenters. The predicted octanol–water partition coefficient (Wildman–Crippen LogP) is 4.30. The maximum absolute atomic E-state index is 14.8. The van der Waals surface area contributed by atoms with E-state index in [0.717, 1.165) is 9.87 Å². The van der Waals surface area contributed by atoms with Gasteiger partial charge in [0.15, 0.2) is 0 Å². The Morgan fingerprint density at radius 3 is 2.65 bits per heavy atom. The van der Waals surface area contributed by atoms with Gasteiger partial charge < -0.3 is 9.84 Å². The number of allylic oxidation sites excluding steroid dienone is 1. The van der Waals surface area contributed by atoms with Crippen LogP contribution in [-0.2, 0) is 21.4 Å². The number of rotatable bonds is 7. The Labute approximate surface area is 184 Å². The van der Waals surface area contributed by atoms with E-state index >= 15 is 0 Å². The van der Waals surface area contributed by atoms with Crippen molar-refractivity contribution in [2.75, 3.05) is 6.54 Å². The number of sulfonamides is 1. The monoisotopic (exact) mass is 463 g/mol. The summed E-state index contributed by atoms with van der Waals surface area (Å²) in [4.78, 5) is 12.3. The van der Waals surface area contributed by atoms with Gasteiger partial charge in [-0.1, -0.05) is 43.3 Å². The molecule has 2 aliphatic rings. The van der Waals surface area contributed by atoms with Crippen molar-refractivity contribution in [3.05, 3.63) is 75.3 Å². The summed E-state index contributed by atoms with van der Waals surface area (Å²) in [7, 11) is -3.86. The quantitative estimate of drug-likeness (QED) is 0.659. The fourth-order valence-electron chi connectivity index (χ4n) is 3.86. The molecule has 2 aliphatic heterocycles. The van der Waals surface area contributed by atoms with Crippen molar-refractivity contribution in [3.63, 3.8) is 0 Å². The van der Waals surface area contributed by atoms with Crippen LogP contribution in [0.25, 0.3) is 0 Å². The number of ether oxygens (including phenoxy) is 1. The van der Waals surface area contributed by atoms with E-state index in [1.54, 1.807) is 19.1 Å². The zero-order chi connectivity index (χ0) is 22.2. The second-order valence-electron chi connectivity index (χ2n) is 7.43. The van der Waals surface area contributed by atoms with Crippen molar-refractivity contribution < 1.29 is 27.4 Å². The van der Waals surface area contributed by atoms with Gasteiger partial charge in [-0.15, -0.1) is 11.8 Å². The van der Waals surface area contributed by atoms with Crippen LogP contribution in [0.1, 0.15) is 36.1 Å². The van der Waals surface area contributed by atoms with E-state index in [1.165, 1.54) is 17.8 Å². The third-order valence-electron chi connectivity index (χ3n) is 5.47. The molecule has 2 aromatic carbocycles. The fourth-order valence-corrected chi connectivity index (χ4v) is 7.73. The smallest absolute Gasteiger partial charge is 0.322 e. The molecule has 2 atom stereocenters. The van der Waals surface area contributed by atoms with Crippen LogP contribution >= 0.6 is 11.8 Å². The molecule has 0 bridgehead atoms. The Kier molecular flexibility index (Phi) is 6.09. The molecule has 6 nitrogen and oxygen atoms in total. The SMILES string of the molecule is CCC(C(=O)O)N1CC2=C(CC(c3ccc(OCc4ccccc4)cc3F)S2)S1(=O)=O. The van der Waals surface area contributed by atoms with Gasteiger partial charge in [0.25, 0.3) is 0 Å². The summed E-state index contributed by atoms with van der Waals surface area (Å²) in [5, 5.41) is 8.98. The molecule has 9 heteroatoms. The highest BCUT2D eigenvalue weighted by molar-refractivity contribution is 8.05. The summed E-state index contributed by atoms with van der Waals surface area (Å²) < 4.78 is 47.3. The average Bonchev–Trinajstić information content (AvgIpc) is 3.26. The summed E-state index contributed by atoms with van der Waals surface area (Å²) in [5.74, 6) is -1.21. The number of halogens is 1. The highest BCUT2D eigenvalue weighted by Crippen LogP contribution is 2.54. The minimum absolute atomic E-state index is 0.0313. The van der Waals surface area contributed by atoms with Gasteiger partial charge in [0, 0.05) is 34.8 Å². The summed E-state index contributed by atoms with van der Waals surface area (Å²) in [6.07, 6.45) is 0.332. The first-order valence-corrected chi connectivity index (χ1v) is 12.2. The number of nitrogens with zero attached hydrogens (tertiary/aromatic N) is 1. The third kappa shape index (κ3) is 4.22. The number of carboxylic acids is 1. The Morgan fingerprint density at radius 2 is 2.03 bits per heavy atom. The van der Waals surface area contributed by atoms with Crippen molar-refractivity contribution in [1.29, 1.82) is 0 Å². The van der Waals surface area contributed by atoms with E-state index in [1.807, 2.05) is 30.3 Å². The normalized spacial score (nSPS) is 21.2. The van der Waals surface area contributed by atoms with E-state index < -0.39 is 27.9 Å². The molecule has 0 radical (unpaired) electrons. The van der Waals surface area contributed by atoms with Gasteiger partial charge in [-0.3, -0.25) is 4.79 Å². The highest BCUT2D eigenvalue weighted by Gasteiger charge is 2.47. The van der Waals surface area contributed by atoms with Gasteiger partial charge in [0.05, 0.1) is 4.91 Å². The third-order valence-corrected chi connectivity index (χ3v) is 9.00. The summed E-state index contributed by atoms with van der Waals surface area (Å²) in [6.45, 7) is 2.00. The molecule has 1 N–H and O–H groups in total. The number of benzene rings is 2. The van der Waals surface area contributed by atoms with E-state index in [2.05, 4.69) is 0 Å². The maximum atomic E-state index is 14.8. The molecule has 0 saturated heterocycles. The second-order valence-corrected chi connectivity index (χ2v) is 10.6. The van der Waals surface area contributed by atoms with E-state index in [4.69, 9.17) is 4.74 Å². The van der Waals surface area contributed by atoms with Crippen molar-refractivity contribution in [3.8, 4) is 5.75 Å². The number of hydrogen-bond donors (Lipinski definition) is 1. The Balaban J connectivity index is 1.45. The number of carboxylic acid groups (broad SMARTS) is 1. The zero-order valence-corrected chi connectivity index (χ0v) is 18.5. The van der Waals surface area contributed by atoms with Gasteiger partial charge in [0.1, 0.15) is 24.2 Å². The van der Waals surface area contributed by atoms with Crippen LogP contribution < -0.4 is 4.74 Å².